The summed E-state index contributed by atoms with van der Waals surface area (Å²) in [5, 5.41) is 3.05. The van der Waals surface area contributed by atoms with Crippen molar-refractivity contribution in [1.82, 2.24) is 5.32 Å². The fraction of sp³-hybridized carbons (Fsp3) is 0.562. The van der Waals surface area contributed by atoms with E-state index in [0.717, 1.165) is 25.8 Å². The molecule has 3 N–H and O–H groups in total. The zero-order chi connectivity index (χ0) is 13.7. The van der Waals surface area contributed by atoms with Gasteiger partial charge in [0.25, 0.3) is 0 Å². The molecule has 1 aliphatic rings. The van der Waals surface area contributed by atoms with Crippen molar-refractivity contribution in [3.63, 3.8) is 0 Å². The molecule has 1 aromatic rings. The van der Waals surface area contributed by atoms with Gasteiger partial charge in [0.05, 0.1) is 0 Å². The van der Waals surface area contributed by atoms with E-state index in [0.29, 0.717) is 13.0 Å². The Morgan fingerprint density at radius 2 is 2.11 bits per heavy atom. The summed E-state index contributed by atoms with van der Waals surface area (Å²) in [6.45, 7) is 3.52. The number of carbonyl (C=O) groups is 1. The first-order valence-corrected chi connectivity index (χ1v) is 7.16. The van der Waals surface area contributed by atoms with Crippen molar-refractivity contribution in [2.45, 2.75) is 39.0 Å². The van der Waals surface area contributed by atoms with Crippen LogP contribution in [0.4, 0.5) is 0 Å². The van der Waals surface area contributed by atoms with E-state index in [1.54, 1.807) is 0 Å². The fourth-order valence-corrected chi connectivity index (χ4v) is 2.64. The predicted molar refractivity (Wildman–Crippen MR) is 77.8 cm³/mol. The molecule has 104 valence electrons. The Hall–Kier alpha value is -1.35. The standard InChI is InChI=1S/C16H24N2O/c1-13-5-2-3-6-14(13)7-8-15(19)18-12-16(11-17)9-4-10-16/h2-3,5-6H,4,7-12,17H2,1H3,(H,18,19). The van der Waals surface area contributed by atoms with Gasteiger partial charge in [-0.15, -0.1) is 0 Å². The van der Waals surface area contributed by atoms with Crippen molar-refractivity contribution in [2.24, 2.45) is 11.1 Å². The smallest absolute Gasteiger partial charge is 0.220 e. The van der Waals surface area contributed by atoms with E-state index >= 15 is 0 Å². The monoisotopic (exact) mass is 260 g/mol. The Morgan fingerprint density at radius 1 is 1.37 bits per heavy atom. The molecule has 0 saturated heterocycles. The van der Waals surface area contributed by atoms with Gasteiger partial charge in [-0.1, -0.05) is 30.7 Å². The van der Waals surface area contributed by atoms with Crippen LogP contribution in [-0.2, 0) is 11.2 Å². The summed E-state index contributed by atoms with van der Waals surface area (Å²) < 4.78 is 0. The second-order valence-electron chi connectivity index (χ2n) is 5.76. The highest BCUT2D eigenvalue weighted by Gasteiger charge is 2.35. The van der Waals surface area contributed by atoms with Crippen molar-refractivity contribution in [3.8, 4) is 0 Å². The number of hydrogen-bond acceptors (Lipinski definition) is 2. The Balaban J connectivity index is 1.74. The molecule has 0 aliphatic heterocycles. The number of nitrogens with one attached hydrogen (secondary N) is 1. The van der Waals surface area contributed by atoms with Crippen LogP contribution in [0, 0.1) is 12.3 Å². The van der Waals surface area contributed by atoms with Gasteiger partial charge in [0.1, 0.15) is 0 Å². The third-order valence-electron chi connectivity index (χ3n) is 4.39. The molecule has 1 fully saturated rings. The molecule has 0 atom stereocenters. The van der Waals surface area contributed by atoms with Crippen LogP contribution in [0.1, 0.15) is 36.8 Å². The topological polar surface area (TPSA) is 55.1 Å². The summed E-state index contributed by atoms with van der Waals surface area (Å²) in [6, 6.07) is 8.24. The zero-order valence-electron chi connectivity index (χ0n) is 11.7. The van der Waals surface area contributed by atoms with Gasteiger partial charge < -0.3 is 11.1 Å². The van der Waals surface area contributed by atoms with E-state index in [4.69, 9.17) is 5.73 Å². The van der Waals surface area contributed by atoms with E-state index in [9.17, 15) is 4.79 Å². The number of aryl methyl sites for hydroxylation is 2. The van der Waals surface area contributed by atoms with Gasteiger partial charge in [0, 0.05) is 13.0 Å². The van der Waals surface area contributed by atoms with Crippen molar-refractivity contribution < 1.29 is 4.79 Å². The third kappa shape index (κ3) is 3.57. The Bertz CT molecular complexity index is 433. The first kappa shape index (κ1) is 14.1. The molecule has 3 heteroatoms. The van der Waals surface area contributed by atoms with E-state index in [-0.39, 0.29) is 11.3 Å². The molecule has 1 amide bonds. The number of rotatable bonds is 6. The van der Waals surface area contributed by atoms with Gasteiger partial charge in [0.15, 0.2) is 0 Å². The van der Waals surface area contributed by atoms with Crippen LogP contribution in [0.15, 0.2) is 24.3 Å². The van der Waals surface area contributed by atoms with Gasteiger partial charge in [-0.25, -0.2) is 0 Å². The molecule has 2 rings (SSSR count). The third-order valence-corrected chi connectivity index (χ3v) is 4.39. The summed E-state index contributed by atoms with van der Waals surface area (Å²) in [5.74, 6) is 0.142. The van der Waals surface area contributed by atoms with E-state index < -0.39 is 0 Å². The minimum absolute atomic E-state index is 0.142. The molecular weight excluding hydrogens is 236 g/mol. The summed E-state index contributed by atoms with van der Waals surface area (Å²) in [7, 11) is 0. The molecule has 19 heavy (non-hydrogen) atoms. The molecule has 0 bridgehead atoms. The maximum atomic E-state index is 11.9. The number of carbonyl (C=O) groups excluding carboxylic acids is 1. The normalized spacial score (nSPS) is 16.7. The van der Waals surface area contributed by atoms with E-state index in [2.05, 4.69) is 24.4 Å². The average Bonchev–Trinajstić information content (AvgIpc) is 2.37. The maximum Gasteiger partial charge on any atom is 0.220 e. The Kier molecular flexibility index (Phi) is 4.59. The van der Waals surface area contributed by atoms with Crippen LogP contribution in [0.2, 0.25) is 0 Å². The lowest BCUT2D eigenvalue weighted by molar-refractivity contribution is -0.121. The molecule has 3 nitrogen and oxygen atoms in total. The minimum atomic E-state index is 0.142. The van der Waals surface area contributed by atoms with Crippen molar-refractivity contribution in [3.05, 3.63) is 35.4 Å². The Labute approximate surface area is 115 Å². The van der Waals surface area contributed by atoms with Crippen LogP contribution in [-0.4, -0.2) is 19.0 Å². The maximum absolute atomic E-state index is 11.9. The fourth-order valence-electron chi connectivity index (χ4n) is 2.64. The lowest BCUT2D eigenvalue weighted by Crippen LogP contribution is -2.46. The van der Waals surface area contributed by atoms with Crippen LogP contribution in [0.25, 0.3) is 0 Å². The van der Waals surface area contributed by atoms with Gasteiger partial charge in [-0.05, 0) is 49.3 Å². The molecule has 1 aliphatic carbocycles. The molecule has 0 spiro atoms. The highest BCUT2D eigenvalue weighted by Crippen LogP contribution is 2.39. The summed E-state index contributed by atoms with van der Waals surface area (Å²) in [5.41, 5.74) is 8.50. The minimum Gasteiger partial charge on any atom is -0.355 e. The van der Waals surface area contributed by atoms with Crippen molar-refractivity contribution in [1.29, 1.82) is 0 Å². The molecule has 1 saturated carbocycles. The van der Waals surface area contributed by atoms with E-state index in [1.807, 2.05) is 12.1 Å². The lowest BCUT2D eigenvalue weighted by atomic mass is 9.69. The number of benzene rings is 1. The first-order valence-electron chi connectivity index (χ1n) is 7.16. The average molecular weight is 260 g/mol. The SMILES string of the molecule is Cc1ccccc1CCC(=O)NCC1(CN)CCC1. The van der Waals surface area contributed by atoms with Gasteiger partial charge >= 0.3 is 0 Å². The number of amides is 1. The van der Waals surface area contributed by atoms with E-state index in [1.165, 1.54) is 17.5 Å². The highest BCUT2D eigenvalue weighted by atomic mass is 16.1. The van der Waals surface area contributed by atoms with Gasteiger partial charge in [0.2, 0.25) is 5.91 Å². The van der Waals surface area contributed by atoms with Crippen LogP contribution in [0.5, 0.6) is 0 Å². The second kappa shape index (κ2) is 6.20. The highest BCUT2D eigenvalue weighted by molar-refractivity contribution is 5.76. The number of nitrogens with two attached hydrogens (primary N) is 1. The molecule has 0 aromatic heterocycles. The zero-order valence-corrected chi connectivity index (χ0v) is 11.7. The lowest BCUT2D eigenvalue weighted by Gasteiger charge is -2.41. The second-order valence-corrected chi connectivity index (χ2v) is 5.76. The van der Waals surface area contributed by atoms with Crippen LogP contribution >= 0.6 is 0 Å². The molecule has 0 radical (unpaired) electrons. The summed E-state index contributed by atoms with van der Waals surface area (Å²) in [6.07, 6.45) is 4.93. The largest absolute Gasteiger partial charge is 0.355 e. The van der Waals surface area contributed by atoms with Crippen LogP contribution in [0.3, 0.4) is 0 Å². The quantitative estimate of drug-likeness (QED) is 0.823. The predicted octanol–water partition coefficient (Wildman–Crippen LogP) is 2.17. The molecule has 0 heterocycles. The summed E-state index contributed by atoms with van der Waals surface area (Å²) in [4.78, 5) is 11.9. The van der Waals surface area contributed by atoms with Crippen molar-refractivity contribution in [2.75, 3.05) is 13.1 Å². The Morgan fingerprint density at radius 3 is 2.68 bits per heavy atom. The number of hydrogen-bond donors (Lipinski definition) is 2. The van der Waals surface area contributed by atoms with Gasteiger partial charge in [-0.2, -0.15) is 0 Å². The molecule has 0 unspecified atom stereocenters. The van der Waals surface area contributed by atoms with Crippen LogP contribution < -0.4 is 11.1 Å². The molecular formula is C16H24N2O. The van der Waals surface area contributed by atoms with Crippen molar-refractivity contribution >= 4 is 5.91 Å². The van der Waals surface area contributed by atoms with Gasteiger partial charge in [-0.3, -0.25) is 4.79 Å². The molecule has 1 aromatic carbocycles. The first-order chi connectivity index (χ1) is 9.15. The summed E-state index contributed by atoms with van der Waals surface area (Å²) >= 11 is 0.